The molecule has 1 saturated carbocycles. The van der Waals surface area contributed by atoms with Gasteiger partial charge in [-0.1, -0.05) is 6.92 Å². The lowest BCUT2D eigenvalue weighted by Gasteiger charge is -2.41. The van der Waals surface area contributed by atoms with Crippen LogP contribution in [0.25, 0.3) is 0 Å². The van der Waals surface area contributed by atoms with E-state index in [9.17, 15) is 0 Å². The summed E-state index contributed by atoms with van der Waals surface area (Å²) in [6, 6.07) is 0.668. The van der Waals surface area contributed by atoms with Crippen molar-refractivity contribution in [2.24, 2.45) is 0 Å². The minimum Gasteiger partial charge on any atom is -0.347 e. The zero-order chi connectivity index (χ0) is 13.1. The van der Waals surface area contributed by atoms with E-state index in [0.717, 1.165) is 32.2 Å². The van der Waals surface area contributed by atoms with Crippen molar-refractivity contribution in [3.63, 3.8) is 0 Å². The van der Waals surface area contributed by atoms with Crippen molar-refractivity contribution < 1.29 is 9.47 Å². The maximum atomic E-state index is 5.85. The van der Waals surface area contributed by atoms with E-state index in [1.165, 1.54) is 0 Å². The highest BCUT2D eigenvalue weighted by Gasteiger charge is 2.45. The molecule has 2 unspecified atom stereocenters. The third-order valence-corrected chi connectivity index (χ3v) is 4.07. The van der Waals surface area contributed by atoms with Crippen molar-refractivity contribution in [1.82, 2.24) is 20.1 Å². The van der Waals surface area contributed by atoms with Crippen LogP contribution < -0.4 is 5.32 Å². The fourth-order valence-electron chi connectivity index (χ4n) is 3.12. The van der Waals surface area contributed by atoms with Crippen LogP contribution in [0, 0.1) is 0 Å². The van der Waals surface area contributed by atoms with Crippen molar-refractivity contribution in [2.75, 3.05) is 19.8 Å². The van der Waals surface area contributed by atoms with E-state index >= 15 is 0 Å². The van der Waals surface area contributed by atoms with Gasteiger partial charge in [0.15, 0.2) is 5.79 Å². The molecule has 0 aromatic carbocycles. The molecular formula is C13H22N4O2. The average Bonchev–Trinajstić information content (AvgIpc) is 3.09. The Hall–Kier alpha value is -0.980. The summed E-state index contributed by atoms with van der Waals surface area (Å²) in [5, 5.41) is 7.92. The molecule has 2 aliphatic rings. The van der Waals surface area contributed by atoms with Gasteiger partial charge in [-0.25, -0.2) is 9.67 Å². The van der Waals surface area contributed by atoms with Crippen molar-refractivity contribution in [3.05, 3.63) is 12.7 Å². The molecule has 6 heteroatoms. The maximum absolute atomic E-state index is 5.85. The summed E-state index contributed by atoms with van der Waals surface area (Å²) in [6.45, 7) is 4.63. The zero-order valence-corrected chi connectivity index (χ0v) is 11.4. The number of nitrogens with one attached hydrogen (secondary N) is 1. The monoisotopic (exact) mass is 266 g/mol. The molecule has 2 atom stereocenters. The minimum atomic E-state index is -0.388. The zero-order valence-electron chi connectivity index (χ0n) is 11.4. The van der Waals surface area contributed by atoms with Crippen LogP contribution in [0.4, 0.5) is 0 Å². The molecule has 1 aliphatic heterocycles. The molecule has 1 aliphatic carbocycles. The van der Waals surface area contributed by atoms with Gasteiger partial charge in [0.2, 0.25) is 0 Å². The third kappa shape index (κ3) is 2.66. The van der Waals surface area contributed by atoms with Crippen LogP contribution in [0.1, 0.15) is 38.6 Å². The normalized spacial score (nSPS) is 29.9. The largest absolute Gasteiger partial charge is 0.347 e. The van der Waals surface area contributed by atoms with Crippen LogP contribution in [0.3, 0.4) is 0 Å². The van der Waals surface area contributed by atoms with Gasteiger partial charge in [0, 0.05) is 18.9 Å². The summed E-state index contributed by atoms with van der Waals surface area (Å²) in [5.74, 6) is -0.388. The van der Waals surface area contributed by atoms with Crippen molar-refractivity contribution in [3.8, 4) is 0 Å². The molecule has 0 radical (unpaired) electrons. The maximum Gasteiger partial charge on any atom is 0.170 e. The molecule has 3 rings (SSSR count). The van der Waals surface area contributed by atoms with Gasteiger partial charge in [0.25, 0.3) is 0 Å². The highest BCUT2D eigenvalue weighted by Crippen LogP contribution is 2.40. The molecule has 106 valence electrons. The quantitative estimate of drug-likeness (QED) is 0.884. The van der Waals surface area contributed by atoms with Gasteiger partial charge >= 0.3 is 0 Å². The minimum absolute atomic E-state index is 0.251. The van der Waals surface area contributed by atoms with Gasteiger partial charge in [0.1, 0.15) is 12.7 Å². The first-order chi connectivity index (χ1) is 9.33. The standard InChI is InChI=1S/C13H22N4O2/c1-2-5-15-11-3-4-13(18-6-7-19-13)8-12(11)17-10-14-9-16-17/h9-12,15H,2-8H2,1H3. The highest BCUT2D eigenvalue weighted by molar-refractivity contribution is 4.94. The number of ether oxygens (including phenoxy) is 2. The molecule has 1 aromatic heterocycles. The predicted molar refractivity (Wildman–Crippen MR) is 69.6 cm³/mol. The van der Waals surface area contributed by atoms with Crippen LogP contribution in [0.15, 0.2) is 12.7 Å². The first-order valence-corrected chi connectivity index (χ1v) is 7.18. The van der Waals surface area contributed by atoms with Gasteiger partial charge in [-0.15, -0.1) is 0 Å². The Bertz CT molecular complexity index is 389. The number of rotatable bonds is 4. The first-order valence-electron chi connectivity index (χ1n) is 7.18. The van der Waals surface area contributed by atoms with Crippen molar-refractivity contribution in [2.45, 2.75) is 50.5 Å². The third-order valence-electron chi connectivity index (χ3n) is 4.07. The van der Waals surface area contributed by atoms with Gasteiger partial charge < -0.3 is 14.8 Å². The Morgan fingerprint density at radius 3 is 2.95 bits per heavy atom. The fourth-order valence-corrected chi connectivity index (χ4v) is 3.12. The molecular weight excluding hydrogens is 244 g/mol. The van der Waals surface area contributed by atoms with Gasteiger partial charge in [-0.3, -0.25) is 0 Å². The Kier molecular flexibility index (Phi) is 3.81. The van der Waals surface area contributed by atoms with Crippen molar-refractivity contribution in [1.29, 1.82) is 0 Å². The molecule has 0 bridgehead atoms. The van der Waals surface area contributed by atoms with Crippen LogP contribution >= 0.6 is 0 Å². The van der Waals surface area contributed by atoms with E-state index in [0.29, 0.717) is 19.3 Å². The Labute approximate surface area is 113 Å². The molecule has 1 aromatic rings. The lowest BCUT2D eigenvalue weighted by atomic mass is 9.85. The molecule has 1 saturated heterocycles. The van der Waals surface area contributed by atoms with E-state index in [4.69, 9.17) is 9.47 Å². The molecule has 1 spiro atoms. The highest BCUT2D eigenvalue weighted by atomic mass is 16.7. The molecule has 19 heavy (non-hydrogen) atoms. The smallest absolute Gasteiger partial charge is 0.170 e. The number of aromatic nitrogens is 3. The van der Waals surface area contributed by atoms with Crippen molar-refractivity contribution >= 4 is 0 Å². The summed E-state index contributed by atoms with van der Waals surface area (Å²) in [5.41, 5.74) is 0. The summed E-state index contributed by atoms with van der Waals surface area (Å²) in [7, 11) is 0. The van der Waals surface area contributed by atoms with Crippen LogP contribution in [-0.2, 0) is 9.47 Å². The Morgan fingerprint density at radius 1 is 1.42 bits per heavy atom. The Balaban J connectivity index is 1.75. The summed E-state index contributed by atoms with van der Waals surface area (Å²) in [4.78, 5) is 4.07. The topological polar surface area (TPSA) is 61.2 Å². The van der Waals surface area contributed by atoms with Crippen LogP contribution in [-0.4, -0.2) is 46.4 Å². The van der Waals surface area contributed by atoms with E-state index in [1.54, 1.807) is 12.7 Å². The van der Waals surface area contributed by atoms with E-state index in [-0.39, 0.29) is 11.8 Å². The van der Waals surface area contributed by atoms with Gasteiger partial charge in [0.05, 0.1) is 19.3 Å². The summed E-state index contributed by atoms with van der Waals surface area (Å²) in [6.07, 6.45) is 7.37. The second-order valence-corrected chi connectivity index (χ2v) is 5.35. The first kappa shape index (κ1) is 13.0. The van der Waals surface area contributed by atoms with Crippen LogP contribution in [0.2, 0.25) is 0 Å². The predicted octanol–water partition coefficient (Wildman–Crippen LogP) is 1.11. The van der Waals surface area contributed by atoms with E-state index < -0.39 is 0 Å². The number of nitrogens with zero attached hydrogens (tertiary/aromatic N) is 3. The lowest BCUT2D eigenvalue weighted by Crippen LogP contribution is -2.49. The molecule has 2 heterocycles. The summed E-state index contributed by atoms with van der Waals surface area (Å²) < 4.78 is 13.6. The second kappa shape index (κ2) is 5.56. The molecule has 0 amide bonds. The van der Waals surface area contributed by atoms with E-state index in [1.807, 2.05) is 4.68 Å². The SMILES string of the molecule is CCCNC1CCC2(CC1n1cncn1)OCCO2. The number of hydrogen-bond acceptors (Lipinski definition) is 5. The van der Waals surface area contributed by atoms with Gasteiger partial charge in [-0.05, 0) is 19.4 Å². The van der Waals surface area contributed by atoms with E-state index in [2.05, 4.69) is 22.3 Å². The lowest BCUT2D eigenvalue weighted by molar-refractivity contribution is -0.189. The molecule has 2 fully saturated rings. The molecule has 6 nitrogen and oxygen atoms in total. The second-order valence-electron chi connectivity index (χ2n) is 5.35. The fraction of sp³-hybridized carbons (Fsp3) is 0.846. The average molecular weight is 266 g/mol. The number of hydrogen-bond donors (Lipinski definition) is 1. The Morgan fingerprint density at radius 2 is 2.26 bits per heavy atom. The molecule has 1 N–H and O–H groups in total. The van der Waals surface area contributed by atoms with Gasteiger partial charge in [-0.2, -0.15) is 5.10 Å². The summed E-state index contributed by atoms with van der Waals surface area (Å²) >= 11 is 0. The van der Waals surface area contributed by atoms with Crippen LogP contribution in [0.5, 0.6) is 0 Å².